The second kappa shape index (κ2) is 9.81. The molecule has 1 aromatic heterocycles. The molecular formula is C24H27F5N6O2S. The van der Waals surface area contributed by atoms with Gasteiger partial charge >= 0.3 is 6.18 Å². The summed E-state index contributed by atoms with van der Waals surface area (Å²) in [5.41, 5.74) is 3.52. The van der Waals surface area contributed by atoms with Crippen LogP contribution in [0.15, 0.2) is 22.0 Å². The Balaban J connectivity index is 1.83. The number of piperazine rings is 1. The highest BCUT2D eigenvalue weighted by atomic mass is 32.2. The number of thioether (sulfide) groups is 1. The van der Waals surface area contributed by atoms with Crippen LogP contribution in [0.4, 0.5) is 33.5 Å². The minimum atomic E-state index is -4.93. The van der Waals surface area contributed by atoms with Gasteiger partial charge in [-0.2, -0.15) is 13.2 Å². The number of aliphatic imine (C=N–C) groups is 1. The van der Waals surface area contributed by atoms with Crippen LogP contribution in [0.2, 0.25) is 0 Å². The number of nitrogens with zero attached hydrogens (tertiary/aromatic N) is 4. The first-order valence-corrected chi connectivity index (χ1v) is 13.0. The summed E-state index contributed by atoms with van der Waals surface area (Å²) in [6.45, 7) is 4.93. The number of hydrogen-bond acceptors (Lipinski definition) is 9. The topological polar surface area (TPSA) is 99.2 Å². The van der Waals surface area contributed by atoms with Crippen LogP contribution in [0.25, 0.3) is 11.3 Å². The number of alkyl halides is 3. The zero-order valence-corrected chi connectivity index (χ0v) is 21.6. The second-order valence-corrected chi connectivity index (χ2v) is 10.7. The van der Waals surface area contributed by atoms with Gasteiger partial charge in [0.05, 0.1) is 17.4 Å². The molecule has 1 saturated heterocycles. The Morgan fingerprint density at radius 1 is 1.13 bits per heavy atom. The third-order valence-corrected chi connectivity index (χ3v) is 8.03. The van der Waals surface area contributed by atoms with E-state index in [1.165, 1.54) is 12.0 Å². The minimum Gasteiger partial charge on any atom is -0.381 e. The first-order valence-electron chi connectivity index (χ1n) is 12.0. The molecule has 0 bridgehead atoms. The van der Waals surface area contributed by atoms with Crippen molar-refractivity contribution in [2.45, 2.75) is 49.5 Å². The van der Waals surface area contributed by atoms with E-state index in [1.54, 1.807) is 0 Å². The summed E-state index contributed by atoms with van der Waals surface area (Å²) in [4.78, 5) is 11.5. The van der Waals surface area contributed by atoms with Crippen molar-refractivity contribution in [2.75, 3.05) is 43.1 Å². The highest BCUT2D eigenvalue weighted by molar-refractivity contribution is 7.99. The molecule has 1 unspecified atom stereocenters. The number of nitrogen functional groups attached to an aromatic ring is 1. The van der Waals surface area contributed by atoms with E-state index in [0.29, 0.717) is 19.2 Å². The van der Waals surface area contributed by atoms with Crippen molar-refractivity contribution in [1.82, 2.24) is 15.2 Å². The number of aromatic nitrogens is 1. The molecule has 5 rings (SSSR count). The fraction of sp³-hybridized carbons (Fsp3) is 0.500. The Kier molecular flexibility index (Phi) is 6.95. The summed E-state index contributed by atoms with van der Waals surface area (Å²) in [5, 5.41) is 14.5. The molecule has 0 radical (unpaired) electrons. The van der Waals surface area contributed by atoms with Gasteiger partial charge in [0.15, 0.2) is 17.5 Å². The number of aliphatic hydroxyl groups is 1. The summed E-state index contributed by atoms with van der Waals surface area (Å²) in [6, 6.07) is 1.37. The average Bonchev–Trinajstić information content (AvgIpc) is 3.03. The second-order valence-electron chi connectivity index (χ2n) is 9.70. The number of methoxy groups -OCH3 is 1. The van der Waals surface area contributed by atoms with Gasteiger partial charge in [-0.3, -0.25) is 0 Å². The lowest BCUT2D eigenvalue weighted by Gasteiger charge is -2.43. The Labute approximate surface area is 220 Å². The van der Waals surface area contributed by atoms with Crippen molar-refractivity contribution in [2.24, 2.45) is 4.99 Å². The number of ether oxygens (including phenoxy) is 1. The molecule has 3 aliphatic heterocycles. The fourth-order valence-corrected chi connectivity index (χ4v) is 6.56. The van der Waals surface area contributed by atoms with Crippen LogP contribution in [-0.4, -0.2) is 77.9 Å². The lowest BCUT2D eigenvalue weighted by Crippen LogP contribution is -2.57. The lowest BCUT2D eigenvalue weighted by molar-refractivity contribution is -0.137. The molecule has 0 amide bonds. The third kappa shape index (κ3) is 4.67. The normalized spacial score (nSPS) is 25.7. The number of nitrogens with two attached hydrogens (primary N) is 1. The fourth-order valence-electron chi connectivity index (χ4n) is 5.25. The molecule has 4 atom stereocenters. The van der Waals surface area contributed by atoms with Crippen molar-refractivity contribution in [3.8, 4) is 11.3 Å². The van der Waals surface area contributed by atoms with Crippen LogP contribution in [0.5, 0.6) is 0 Å². The maximum Gasteiger partial charge on any atom is 0.417 e. The van der Waals surface area contributed by atoms with Crippen molar-refractivity contribution < 1.29 is 31.8 Å². The molecule has 206 valence electrons. The van der Waals surface area contributed by atoms with Crippen LogP contribution in [0, 0.1) is 11.6 Å². The van der Waals surface area contributed by atoms with E-state index in [0.717, 1.165) is 17.8 Å². The SMILES string of the molecule is CO[C@@H]1CSc2c(-c3nc(N)c(F)cc3F)c(C(F)(F)F)cc3c2N(C1)C(O)N=C3N1C[C@@H](C)N[C@@H](C)C1. The van der Waals surface area contributed by atoms with Gasteiger partial charge in [-0.05, 0) is 19.9 Å². The van der Waals surface area contributed by atoms with Gasteiger partial charge in [0.1, 0.15) is 11.5 Å². The van der Waals surface area contributed by atoms with Crippen molar-refractivity contribution >= 4 is 29.1 Å². The van der Waals surface area contributed by atoms with Crippen molar-refractivity contribution in [3.05, 3.63) is 34.9 Å². The van der Waals surface area contributed by atoms with Gasteiger partial charge in [-0.25, -0.2) is 18.8 Å². The maximum atomic E-state index is 15.1. The first-order chi connectivity index (χ1) is 17.9. The molecule has 2 aromatic rings. The van der Waals surface area contributed by atoms with Crippen LogP contribution in [0.1, 0.15) is 25.0 Å². The predicted octanol–water partition coefficient (Wildman–Crippen LogP) is 3.27. The quantitative estimate of drug-likeness (QED) is 0.484. The van der Waals surface area contributed by atoms with E-state index >= 15 is 4.39 Å². The molecule has 1 aromatic carbocycles. The van der Waals surface area contributed by atoms with Gasteiger partial charge in [0.25, 0.3) is 0 Å². The molecule has 0 aliphatic carbocycles. The number of halogens is 5. The van der Waals surface area contributed by atoms with Crippen LogP contribution in [0.3, 0.4) is 0 Å². The maximum absolute atomic E-state index is 15.1. The van der Waals surface area contributed by atoms with Gasteiger partial charge in [-0.15, -0.1) is 11.8 Å². The van der Waals surface area contributed by atoms with Gasteiger partial charge < -0.3 is 30.7 Å². The largest absolute Gasteiger partial charge is 0.417 e. The molecule has 4 heterocycles. The number of anilines is 2. The highest BCUT2D eigenvalue weighted by Gasteiger charge is 2.44. The zero-order chi connectivity index (χ0) is 27.5. The Bertz CT molecular complexity index is 1280. The van der Waals surface area contributed by atoms with E-state index in [1.807, 2.05) is 18.7 Å². The lowest BCUT2D eigenvalue weighted by atomic mass is 9.95. The first kappa shape index (κ1) is 26.9. The average molecular weight is 559 g/mol. The van der Waals surface area contributed by atoms with Crippen LogP contribution < -0.4 is 16.0 Å². The molecule has 8 nitrogen and oxygen atoms in total. The Morgan fingerprint density at radius 3 is 2.45 bits per heavy atom. The number of aliphatic hydroxyl groups excluding tert-OH is 1. The Morgan fingerprint density at radius 2 is 1.82 bits per heavy atom. The molecule has 4 N–H and O–H groups in total. The summed E-state index contributed by atoms with van der Waals surface area (Å²) in [6.07, 6.45) is -6.83. The van der Waals surface area contributed by atoms with E-state index in [-0.39, 0.29) is 46.4 Å². The van der Waals surface area contributed by atoms with Gasteiger partial charge in [0.2, 0.25) is 6.35 Å². The number of nitrogens with one attached hydrogen (secondary N) is 1. The van der Waals surface area contributed by atoms with E-state index in [4.69, 9.17) is 10.5 Å². The third-order valence-electron chi connectivity index (χ3n) is 6.80. The summed E-state index contributed by atoms with van der Waals surface area (Å²) < 4.78 is 78.4. The number of hydrogen-bond donors (Lipinski definition) is 3. The molecule has 1 fully saturated rings. The summed E-state index contributed by atoms with van der Waals surface area (Å²) in [7, 11) is 1.46. The van der Waals surface area contributed by atoms with Gasteiger partial charge in [-0.1, -0.05) is 0 Å². The number of pyridine rings is 1. The summed E-state index contributed by atoms with van der Waals surface area (Å²) in [5.74, 6) is -2.77. The summed E-state index contributed by atoms with van der Waals surface area (Å²) >= 11 is 1.03. The van der Waals surface area contributed by atoms with Crippen LogP contribution in [-0.2, 0) is 10.9 Å². The van der Waals surface area contributed by atoms with Crippen molar-refractivity contribution in [1.29, 1.82) is 0 Å². The van der Waals surface area contributed by atoms with E-state index in [9.17, 15) is 22.7 Å². The standard InChI is InChI=1S/C24H27F5N6O2S/c1-10-6-34(7-11(2)31-10)22-13-4-14(24(27,28)29)17(18-15(25)5-16(26)21(30)32-18)20-19(13)35(23(36)33-22)8-12(37-3)9-38-20/h4-5,10-12,23,31,36H,6-9H2,1-3H3,(H2,30,32)/t10-,11+,12-,23?/m0/s1. The smallest absolute Gasteiger partial charge is 0.381 e. The minimum absolute atomic E-state index is 0.0179. The number of rotatable bonds is 2. The molecular weight excluding hydrogens is 531 g/mol. The Hall–Kier alpha value is -2.68. The predicted molar refractivity (Wildman–Crippen MR) is 134 cm³/mol. The van der Waals surface area contributed by atoms with Crippen molar-refractivity contribution in [3.63, 3.8) is 0 Å². The van der Waals surface area contributed by atoms with E-state index in [2.05, 4.69) is 15.3 Å². The molecule has 14 heteroatoms. The highest BCUT2D eigenvalue weighted by Crippen LogP contribution is 2.51. The number of benzene rings is 1. The van der Waals surface area contributed by atoms with Gasteiger partial charge in [0, 0.05) is 66.7 Å². The molecule has 38 heavy (non-hydrogen) atoms. The van der Waals surface area contributed by atoms with Crippen LogP contribution >= 0.6 is 11.8 Å². The number of amidine groups is 1. The zero-order valence-electron chi connectivity index (χ0n) is 20.8. The molecule has 0 spiro atoms. The monoisotopic (exact) mass is 558 g/mol. The molecule has 3 aliphatic rings. The van der Waals surface area contributed by atoms with E-state index < -0.39 is 52.9 Å². The molecule has 0 saturated carbocycles.